The van der Waals surface area contributed by atoms with E-state index >= 15 is 0 Å². The van der Waals surface area contributed by atoms with Crippen LogP contribution in [0.4, 0.5) is 5.69 Å². The Bertz CT molecular complexity index is 695. The van der Waals surface area contributed by atoms with E-state index in [0.717, 1.165) is 31.2 Å². The van der Waals surface area contributed by atoms with E-state index in [1.165, 1.54) is 0 Å². The van der Waals surface area contributed by atoms with Crippen molar-refractivity contribution in [3.05, 3.63) is 47.2 Å². The molecule has 1 N–H and O–H groups in total. The lowest BCUT2D eigenvalue weighted by molar-refractivity contribution is -0.121. The number of aromatic nitrogens is 2. The maximum atomic E-state index is 13.0. The van der Waals surface area contributed by atoms with Crippen LogP contribution in [-0.4, -0.2) is 22.5 Å². The topological polar surface area (TPSA) is 64.1 Å². The zero-order valence-corrected chi connectivity index (χ0v) is 14.3. The predicted molar refractivity (Wildman–Crippen MR) is 93.4 cm³/mol. The largest absolute Gasteiger partial charge is 0.464 e. The number of hydrogen-bond acceptors (Lipinski definition) is 4. The summed E-state index contributed by atoms with van der Waals surface area (Å²) in [7, 11) is 0. The standard InChI is InChI=1S/C18H20ClN3O2/c1-2-24-17-20-11-15(12-21-17)22-16(23)18(9-3-4-10-18)13-5-7-14(19)8-6-13/h5-8,11-12H,2-4,9-10H2,1H3,(H,22,23). The van der Waals surface area contributed by atoms with Crippen LogP contribution in [0.3, 0.4) is 0 Å². The summed E-state index contributed by atoms with van der Waals surface area (Å²) in [6.07, 6.45) is 6.88. The average Bonchev–Trinajstić information content (AvgIpc) is 3.08. The van der Waals surface area contributed by atoms with E-state index in [-0.39, 0.29) is 5.91 Å². The Hall–Kier alpha value is -2.14. The molecule has 1 aromatic heterocycles. The second-order valence-electron chi connectivity index (χ2n) is 5.94. The van der Waals surface area contributed by atoms with Gasteiger partial charge in [0, 0.05) is 5.02 Å². The van der Waals surface area contributed by atoms with E-state index in [2.05, 4.69) is 15.3 Å². The molecule has 1 amide bonds. The Morgan fingerprint density at radius 1 is 1.21 bits per heavy atom. The predicted octanol–water partition coefficient (Wildman–Crippen LogP) is 3.98. The molecule has 0 saturated heterocycles. The maximum Gasteiger partial charge on any atom is 0.316 e. The third-order valence-corrected chi connectivity index (χ3v) is 4.70. The van der Waals surface area contributed by atoms with Gasteiger partial charge in [0.2, 0.25) is 5.91 Å². The van der Waals surface area contributed by atoms with E-state index in [0.29, 0.717) is 23.3 Å². The molecule has 1 saturated carbocycles. The molecule has 0 aliphatic heterocycles. The van der Waals surface area contributed by atoms with Gasteiger partial charge in [-0.25, -0.2) is 9.97 Å². The first kappa shape index (κ1) is 16.7. The molecule has 6 heteroatoms. The summed E-state index contributed by atoms with van der Waals surface area (Å²) in [6.45, 7) is 2.38. The second kappa shape index (κ2) is 7.18. The normalized spacial score (nSPS) is 15.9. The summed E-state index contributed by atoms with van der Waals surface area (Å²) in [4.78, 5) is 21.2. The van der Waals surface area contributed by atoms with Crippen molar-refractivity contribution in [3.8, 4) is 6.01 Å². The highest BCUT2D eigenvalue weighted by Gasteiger charge is 2.42. The minimum Gasteiger partial charge on any atom is -0.464 e. The number of hydrogen-bond donors (Lipinski definition) is 1. The van der Waals surface area contributed by atoms with Crippen molar-refractivity contribution in [2.75, 3.05) is 11.9 Å². The molecule has 0 atom stereocenters. The van der Waals surface area contributed by atoms with Crippen molar-refractivity contribution in [1.82, 2.24) is 9.97 Å². The van der Waals surface area contributed by atoms with Crippen LogP contribution in [0.5, 0.6) is 6.01 Å². The number of ether oxygens (including phenoxy) is 1. The van der Waals surface area contributed by atoms with E-state index in [1.807, 2.05) is 31.2 Å². The Morgan fingerprint density at radius 2 is 1.83 bits per heavy atom. The summed E-state index contributed by atoms with van der Waals surface area (Å²) in [5, 5.41) is 3.63. The molecule has 0 radical (unpaired) electrons. The summed E-state index contributed by atoms with van der Waals surface area (Å²) in [6, 6.07) is 7.88. The van der Waals surface area contributed by atoms with Crippen LogP contribution in [0.2, 0.25) is 5.02 Å². The van der Waals surface area contributed by atoms with E-state index in [1.54, 1.807) is 12.4 Å². The third-order valence-electron chi connectivity index (χ3n) is 4.45. The first-order chi connectivity index (χ1) is 11.6. The molecular formula is C18H20ClN3O2. The van der Waals surface area contributed by atoms with Crippen molar-refractivity contribution < 1.29 is 9.53 Å². The van der Waals surface area contributed by atoms with Crippen LogP contribution in [0.1, 0.15) is 38.2 Å². The summed E-state index contributed by atoms with van der Waals surface area (Å²) in [5.41, 5.74) is 1.07. The minimum atomic E-state index is -0.511. The number of nitrogens with one attached hydrogen (secondary N) is 1. The van der Waals surface area contributed by atoms with Gasteiger partial charge in [-0.2, -0.15) is 0 Å². The number of nitrogens with zero attached hydrogens (tertiary/aromatic N) is 2. The number of benzene rings is 1. The fourth-order valence-corrected chi connectivity index (χ4v) is 3.36. The van der Waals surface area contributed by atoms with Gasteiger partial charge in [-0.1, -0.05) is 36.6 Å². The van der Waals surface area contributed by atoms with Gasteiger partial charge < -0.3 is 10.1 Å². The summed E-state index contributed by atoms with van der Waals surface area (Å²) < 4.78 is 5.22. The number of halogens is 1. The van der Waals surface area contributed by atoms with E-state index in [4.69, 9.17) is 16.3 Å². The Kier molecular flexibility index (Phi) is 5.00. The monoisotopic (exact) mass is 345 g/mol. The molecule has 1 aliphatic carbocycles. The number of amides is 1. The molecule has 2 aromatic rings. The van der Waals surface area contributed by atoms with Crippen LogP contribution in [0.25, 0.3) is 0 Å². The highest BCUT2D eigenvalue weighted by molar-refractivity contribution is 6.30. The van der Waals surface area contributed by atoms with Crippen LogP contribution in [0, 0.1) is 0 Å². The molecule has 0 spiro atoms. The Labute approximate surface area is 146 Å². The quantitative estimate of drug-likeness (QED) is 0.890. The lowest BCUT2D eigenvalue weighted by Gasteiger charge is -2.28. The van der Waals surface area contributed by atoms with Crippen LogP contribution in [0.15, 0.2) is 36.7 Å². The molecule has 3 rings (SSSR count). The molecule has 1 heterocycles. The van der Waals surface area contributed by atoms with Crippen LogP contribution >= 0.6 is 11.6 Å². The van der Waals surface area contributed by atoms with Gasteiger partial charge in [0.15, 0.2) is 0 Å². The number of anilines is 1. The average molecular weight is 346 g/mol. The van der Waals surface area contributed by atoms with Crippen molar-refractivity contribution >= 4 is 23.2 Å². The lowest BCUT2D eigenvalue weighted by Crippen LogP contribution is -2.38. The molecule has 1 fully saturated rings. The molecule has 0 bridgehead atoms. The molecule has 1 aliphatic rings. The van der Waals surface area contributed by atoms with Gasteiger partial charge in [0.05, 0.1) is 30.1 Å². The zero-order chi connectivity index (χ0) is 17.0. The lowest BCUT2D eigenvalue weighted by atomic mass is 9.78. The van der Waals surface area contributed by atoms with E-state index < -0.39 is 5.41 Å². The smallest absolute Gasteiger partial charge is 0.316 e. The summed E-state index contributed by atoms with van der Waals surface area (Å²) >= 11 is 5.98. The SMILES string of the molecule is CCOc1ncc(NC(=O)C2(c3ccc(Cl)cc3)CCCC2)cn1. The summed E-state index contributed by atoms with van der Waals surface area (Å²) in [5.74, 6) is -0.0184. The first-order valence-corrected chi connectivity index (χ1v) is 8.54. The molecule has 24 heavy (non-hydrogen) atoms. The highest BCUT2D eigenvalue weighted by atomic mass is 35.5. The van der Waals surface area contributed by atoms with Gasteiger partial charge in [-0.15, -0.1) is 0 Å². The molecule has 0 unspecified atom stereocenters. The molecule has 5 nitrogen and oxygen atoms in total. The second-order valence-corrected chi connectivity index (χ2v) is 6.37. The fraction of sp³-hybridized carbons (Fsp3) is 0.389. The molecule has 1 aromatic carbocycles. The van der Waals surface area contributed by atoms with Crippen LogP contribution in [-0.2, 0) is 10.2 Å². The van der Waals surface area contributed by atoms with E-state index in [9.17, 15) is 4.79 Å². The van der Waals surface area contributed by atoms with Crippen LogP contribution < -0.4 is 10.1 Å². The third kappa shape index (κ3) is 3.36. The van der Waals surface area contributed by atoms with Gasteiger partial charge in [0.1, 0.15) is 0 Å². The van der Waals surface area contributed by atoms with Gasteiger partial charge in [-0.05, 0) is 37.5 Å². The Morgan fingerprint density at radius 3 is 2.42 bits per heavy atom. The zero-order valence-electron chi connectivity index (χ0n) is 13.6. The van der Waals surface area contributed by atoms with Crippen molar-refractivity contribution in [2.24, 2.45) is 0 Å². The van der Waals surface area contributed by atoms with Crippen molar-refractivity contribution in [2.45, 2.75) is 38.0 Å². The minimum absolute atomic E-state index is 0.0184. The maximum absolute atomic E-state index is 13.0. The first-order valence-electron chi connectivity index (χ1n) is 8.16. The molecular weight excluding hydrogens is 326 g/mol. The fourth-order valence-electron chi connectivity index (χ4n) is 3.23. The van der Waals surface area contributed by atoms with Crippen molar-refractivity contribution in [3.63, 3.8) is 0 Å². The highest BCUT2D eigenvalue weighted by Crippen LogP contribution is 2.42. The number of carbonyl (C=O) groups is 1. The van der Waals surface area contributed by atoms with Gasteiger partial charge in [0.25, 0.3) is 0 Å². The number of carbonyl (C=O) groups excluding carboxylic acids is 1. The molecule has 126 valence electrons. The van der Waals surface area contributed by atoms with Gasteiger partial charge in [-0.3, -0.25) is 4.79 Å². The van der Waals surface area contributed by atoms with Crippen molar-refractivity contribution in [1.29, 1.82) is 0 Å². The number of rotatable bonds is 5. The Balaban J connectivity index is 1.81. The van der Waals surface area contributed by atoms with Gasteiger partial charge >= 0.3 is 6.01 Å².